The van der Waals surface area contributed by atoms with Gasteiger partial charge in [0.2, 0.25) is 11.8 Å². The highest BCUT2D eigenvalue weighted by Gasteiger charge is 2.44. The van der Waals surface area contributed by atoms with E-state index in [0.717, 1.165) is 10.5 Å². The summed E-state index contributed by atoms with van der Waals surface area (Å²) in [6.45, 7) is 2.62. The maximum absolute atomic E-state index is 13.3. The summed E-state index contributed by atoms with van der Waals surface area (Å²) in [5, 5.41) is 6.98. The predicted octanol–water partition coefficient (Wildman–Crippen LogP) is 2.66. The number of imide groups is 1. The zero-order chi connectivity index (χ0) is 23.2. The minimum absolute atomic E-state index is 0.0586. The Balaban J connectivity index is 1.55. The van der Waals surface area contributed by atoms with Gasteiger partial charge in [0.05, 0.1) is 24.5 Å². The summed E-state index contributed by atoms with van der Waals surface area (Å²) in [4.78, 5) is 46.0. The molecule has 33 heavy (non-hydrogen) atoms. The summed E-state index contributed by atoms with van der Waals surface area (Å²) in [6.07, 6.45) is 1.29. The number of benzene rings is 2. The van der Waals surface area contributed by atoms with Crippen LogP contribution in [0.2, 0.25) is 0 Å². The van der Waals surface area contributed by atoms with Gasteiger partial charge in [-0.15, -0.1) is 0 Å². The molecule has 0 aliphatic carbocycles. The highest BCUT2D eigenvalue weighted by molar-refractivity contribution is 7.99. The van der Waals surface area contributed by atoms with Gasteiger partial charge in [-0.05, 0) is 36.8 Å². The van der Waals surface area contributed by atoms with Crippen molar-refractivity contribution in [2.24, 2.45) is 0 Å². The number of hydrogen-bond acceptors (Lipinski definition) is 7. The van der Waals surface area contributed by atoms with Crippen molar-refractivity contribution in [3.8, 4) is 5.75 Å². The Kier molecular flexibility index (Phi) is 7.04. The fraction of sp³-hybridized carbons (Fsp3) is 0.261. The molecule has 1 saturated heterocycles. The molecule has 2 aromatic carbocycles. The Morgan fingerprint density at radius 2 is 1.94 bits per heavy atom. The van der Waals surface area contributed by atoms with Crippen molar-refractivity contribution in [3.63, 3.8) is 0 Å². The predicted molar refractivity (Wildman–Crippen MR) is 123 cm³/mol. The summed E-state index contributed by atoms with van der Waals surface area (Å²) in [7, 11) is 0. The number of ether oxygens (including phenoxy) is 1. The molecule has 2 heterocycles. The van der Waals surface area contributed by atoms with Crippen molar-refractivity contribution in [1.82, 2.24) is 20.1 Å². The molecular weight excluding hydrogens is 442 g/mol. The molecule has 9 nitrogen and oxygen atoms in total. The molecule has 3 amide bonds. The third kappa shape index (κ3) is 5.23. The molecule has 1 aromatic heterocycles. The Morgan fingerprint density at radius 1 is 1.18 bits per heavy atom. The molecule has 0 radical (unpaired) electrons. The Morgan fingerprint density at radius 3 is 2.61 bits per heavy atom. The lowest BCUT2D eigenvalue weighted by Crippen LogP contribution is -2.45. The third-order valence-corrected chi connectivity index (χ3v) is 6.01. The van der Waals surface area contributed by atoms with Gasteiger partial charge in [0.25, 0.3) is 5.91 Å². The second-order valence-electron chi connectivity index (χ2n) is 7.30. The van der Waals surface area contributed by atoms with Gasteiger partial charge in [-0.1, -0.05) is 42.1 Å². The van der Waals surface area contributed by atoms with E-state index in [9.17, 15) is 14.4 Å². The van der Waals surface area contributed by atoms with Crippen LogP contribution >= 0.6 is 11.8 Å². The van der Waals surface area contributed by atoms with Crippen LogP contribution in [0.5, 0.6) is 5.75 Å². The molecule has 170 valence electrons. The van der Waals surface area contributed by atoms with Crippen LogP contribution < -0.4 is 9.64 Å². The van der Waals surface area contributed by atoms with Gasteiger partial charge in [0, 0.05) is 6.54 Å². The highest BCUT2D eigenvalue weighted by Crippen LogP contribution is 2.29. The Bertz CT molecular complexity index is 1110. The van der Waals surface area contributed by atoms with Crippen molar-refractivity contribution >= 4 is 35.2 Å². The lowest BCUT2D eigenvalue weighted by atomic mass is 10.1. The number of hydrogen-bond donors (Lipinski definition) is 1. The van der Waals surface area contributed by atoms with E-state index in [-0.39, 0.29) is 30.5 Å². The van der Waals surface area contributed by atoms with Crippen LogP contribution in [0.4, 0.5) is 5.69 Å². The summed E-state index contributed by atoms with van der Waals surface area (Å²) in [5.74, 6) is -0.313. The van der Waals surface area contributed by atoms with Crippen LogP contribution in [0.1, 0.15) is 18.9 Å². The van der Waals surface area contributed by atoms with Crippen molar-refractivity contribution < 1.29 is 19.1 Å². The monoisotopic (exact) mass is 465 g/mol. The Hall–Kier alpha value is -3.66. The van der Waals surface area contributed by atoms with Gasteiger partial charge in [-0.3, -0.25) is 19.5 Å². The SMILES string of the molecule is CCOc1ccc(N2C(=O)CC(N(Cc3ccccc3)C(=O)CSc3ncn[nH]3)C2=O)cc1. The zero-order valence-corrected chi connectivity index (χ0v) is 18.8. The number of carbonyl (C=O) groups is 3. The molecule has 0 spiro atoms. The first-order valence-electron chi connectivity index (χ1n) is 10.5. The van der Waals surface area contributed by atoms with Crippen molar-refractivity contribution in [2.45, 2.75) is 31.1 Å². The molecule has 1 N–H and O–H groups in total. The summed E-state index contributed by atoms with van der Waals surface area (Å²) in [5.41, 5.74) is 1.33. The first-order valence-corrected chi connectivity index (χ1v) is 11.5. The number of thioether (sulfide) groups is 1. The molecule has 0 saturated carbocycles. The number of carbonyl (C=O) groups excluding carboxylic acids is 3. The van der Waals surface area contributed by atoms with E-state index in [1.807, 2.05) is 37.3 Å². The van der Waals surface area contributed by atoms with Gasteiger partial charge in [0.1, 0.15) is 18.1 Å². The second kappa shape index (κ2) is 10.3. The van der Waals surface area contributed by atoms with Crippen molar-refractivity contribution in [2.75, 3.05) is 17.3 Å². The average Bonchev–Trinajstić information content (AvgIpc) is 3.45. The van der Waals surface area contributed by atoms with Gasteiger partial charge >= 0.3 is 0 Å². The van der Waals surface area contributed by atoms with Crippen LogP contribution in [-0.4, -0.2) is 56.2 Å². The number of anilines is 1. The number of H-pyrrole nitrogens is 1. The molecule has 1 aliphatic heterocycles. The quantitative estimate of drug-likeness (QED) is 0.382. The molecule has 1 aliphatic rings. The minimum Gasteiger partial charge on any atom is -0.494 e. The van der Waals surface area contributed by atoms with E-state index in [4.69, 9.17) is 4.74 Å². The molecule has 3 aromatic rings. The zero-order valence-electron chi connectivity index (χ0n) is 18.0. The maximum atomic E-state index is 13.3. The number of nitrogens with zero attached hydrogens (tertiary/aromatic N) is 4. The summed E-state index contributed by atoms with van der Waals surface area (Å²) < 4.78 is 5.44. The van der Waals surface area contributed by atoms with Crippen LogP contribution in [0.25, 0.3) is 0 Å². The smallest absolute Gasteiger partial charge is 0.257 e. The lowest BCUT2D eigenvalue weighted by molar-refractivity contribution is -0.136. The van der Waals surface area contributed by atoms with E-state index in [0.29, 0.717) is 23.2 Å². The first-order chi connectivity index (χ1) is 16.1. The summed E-state index contributed by atoms with van der Waals surface area (Å²) in [6, 6.07) is 15.3. The third-order valence-electron chi connectivity index (χ3n) is 5.15. The molecule has 1 atom stereocenters. The molecule has 4 rings (SSSR count). The van der Waals surface area contributed by atoms with Gasteiger partial charge in [-0.2, -0.15) is 5.10 Å². The van der Waals surface area contributed by atoms with E-state index in [1.165, 1.54) is 23.0 Å². The molecule has 1 fully saturated rings. The number of aromatic nitrogens is 3. The van der Waals surface area contributed by atoms with Crippen molar-refractivity contribution in [3.05, 3.63) is 66.5 Å². The molecule has 1 unspecified atom stereocenters. The molecule has 10 heteroatoms. The summed E-state index contributed by atoms with van der Waals surface area (Å²) >= 11 is 1.19. The van der Waals surface area contributed by atoms with Gasteiger partial charge < -0.3 is 9.64 Å². The average molecular weight is 466 g/mol. The number of nitrogens with one attached hydrogen (secondary N) is 1. The first kappa shape index (κ1) is 22.5. The van der Waals surface area contributed by atoms with E-state index >= 15 is 0 Å². The van der Waals surface area contributed by atoms with Crippen LogP contribution in [0.3, 0.4) is 0 Å². The standard InChI is InChI=1S/C23H23N5O4S/c1-2-32-18-10-8-17(9-11-18)28-20(29)12-19(22(28)31)27(13-16-6-4-3-5-7-16)21(30)14-33-23-24-15-25-26-23/h3-11,15,19H,2,12-14H2,1H3,(H,24,25,26). The van der Waals surface area contributed by atoms with E-state index in [1.54, 1.807) is 24.3 Å². The van der Waals surface area contributed by atoms with E-state index in [2.05, 4.69) is 15.2 Å². The Labute approximate surface area is 195 Å². The minimum atomic E-state index is -0.882. The molecular formula is C23H23N5O4S. The number of aromatic amines is 1. The van der Waals surface area contributed by atoms with Crippen LogP contribution in [-0.2, 0) is 20.9 Å². The second-order valence-corrected chi connectivity index (χ2v) is 8.26. The van der Waals surface area contributed by atoms with Crippen LogP contribution in [0, 0.1) is 0 Å². The maximum Gasteiger partial charge on any atom is 0.257 e. The number of amides is 3. The van der Waals surface area contributed by atoms with E-state index < -0.39 is 11.9 Å². The fourth-order valence-corrected chi connectivity index (χ4v) is 4.28. The normalized spacial score (nSPS) is 15.7. The fourth-order valence-electron chi connectivity index (χ4n) is 3.62. The lowest BCUT2D eigenvalue weighted by Gasteiger charge is -2.27. The largest absolute Gasteiger partial charge is 0.494 e. The van der Waals surface area contributed by atoms with Crippen LogP contribution in [0.15, 0.2) is 66.1 Å². The highest BCUT2D eigenvalue weighted by atomic mass is 32.2. The molecule has 0 bridgehead atoms. The van der Waals surface area contributed by atoms with Crippen molar-refractivity contribution in [1.29, 1.82) is 0 Å². The topological polar surface area (TPSA) is 108 Å². The van der Waals surface area contributed by atoms with Gasteiger partial charge in [0.15, 0.2) is 5.16 Å². The van der Waals surface area contributed by atoms with Gasteiger partial charge in [-0.25, -0.2) is 9.88 Å². The number of rotatable bonds is 9.